The molecule has 1 heterocycles. The van der Waals surface area contributed by atoms with Gasteiger partial charge < -0.3 is 5.73 Å². The summed E-state index contributed by atoms with van der Waals surface area (Å²) in [5.41, 5.74) is 7.17. The Kier molecular flexibility index (Phi) is 4.17. The van der Waals surface area contributed by atoms with Crippen molar-refractivity contribution >= 4 is 11.3 Å². The van der Waals surface area contributed by atoms with Crippen LogP contribution in [0.1, 0.15) is 49.4 Å². The average molecular weight is 253 g/mol. The summed E-state index contributed by atoms with van der Waals surface area (Å²) < 4.78 is 0. The number of thiazole rings is 1. The van der Waals surface area contributed by atoms with Crippen LogP contribution in [0.15, 0.2) is 5.38 Å². The van der Waals surface area contributed by atoms with Gasteiger partial charge in [0.05, 0.1) is 16.7 Å². The predicted molar refractivity (Wildman–Crippen MR) is 73.3 cm³/mol. The maximum Gasteiger partial charge on any atom is 0.0898 e. The van der Waals surface area contributed by atoms with Crippen LogP contribution >= 0.6 is 11.3 Å². The Hall–Kier alpha value is -0.450. The third-order valence-corrected chi connectivity index (χ3v) is 4.78. The lowest BCUT2D eigenvalue weighted by Crippen LogP contribution is -2.39. The summed E-state index contributed by atoms with van der Waals surface area (Å²) in [4.78, 5) is 7.07. The van der Waals surface area contributed by atoms with E-state index in [4.69, 9.17) is 5.73 Å². The molecular weight excluding hydrogens is 230 g/mol. The summed E-state index contributed by atoms with van der Waals surface area (Å²) in [6, 6.07) is 1.52. The van der Waals surface area contributed by atoms with Crippen molar-refractivity contribution in [2.45, 2.75) is 57.7 Å². The second-order valence-corrected chi connectivity index (χ2v) is 6.26. The molecule has 1 aromatic heterocycles. The van der Waals surface area contributed by atoms with Gasteiger partial charge in [0.25, 0.3) is 0 Å². The molecule has 0 aliphatic heterocycles. The Morgan fingerprint density at radius 1 is 1.41 bits per heavy atom. The molecule has 96 valence electrons. The number of nitrogens with zero attached hydrogens (tertiary/aromatic N) is 2. The molecule has 1 aliphatic carbocycles. The zero-order valence-corrected chi connectivity index (χ0v) is 11.8. The van der Waals surface area contributed by atoms with Gasteiger partial charge in [-0.05, 0) is 46.6 Å². The molecule has 1 aliphatic rings. The molecule has 2 N–H and O–H groups in total. The molecule has 0 radical (unpaired) electrons. The maximum atomic E-state index is 5.96. The van der Waals surface area contributed by atoms with E-state index in [1.54, 1.807) is 11.3 Å². The van der Waals surface area contributed by atoms with Gasteiger partial charge in [-0.25, -0.2) is 4.98 Å². The zero-order valence-electron chi connectivity index (χ0n) is 11.0. The van der Waals surface area contributed by atoms with Crippen LogP contribution < -0.4 is 5.73 Å². The summed E-state index contributed by atoms with van der Waals surface area (Å²) in [7, 11) is 2.22. The van der Waals surface area contributed by atoms with Gasteiger partial charge in [-0.3, -0.25) is 4.90 Å². The number of hydrogen-bond donors (Lipinski definition) is 1. The fraction of sp³-hybridized carbons (Fsp3) is 0.769. The Morgan fingerprint density at radius 3 is 2.59 bits per heavy atom. The van der Waals surface area contributed by atoms with Gasteiger partial charge in [0.1, 0.15) is 0 Å². The summed E-state index contributed by atoms with van der Waals surface area (Å²) >= 11 is 1.74. The molecule has 0 saturated heterocycles. The fourth-order valence-electron chi connectivity index (χ4n) is 2.61. The summed E-state index contributed by atoms with van der Waals surface area (Å²) in [5, 5.41) is 3.34. The molecule has 0 aromatic carbocycles. The van der Waals surface area contributed by atoms with Gasteiger partial charge in [0.2, 0.25) is 0 Å². The molecule has 1 atom stereocenters. The highest BCUT2D eigenvalue weighted by Gasteiger charge is 2.26. The summed E-state index contributed by atoms with van der Waals surface area (Å²) in [6.07, 6.45) is 4.78. The fourth-order valence-corrected chi connectivity index (χ4v) is 3.30. The summed E-state index contributed by atoms with van der Waals surface area (Å²) in [6.45, 7) is 4.32. The van der Waals surface area contributed by atoms with Crippen LogP contribution in [0.5, 0.6) is 0 Å². The van der Waals surface area contributed by atoms with Crippen molar-refractivity contribution in [2.24, 2.45) is 5.73 Å². The zero-order chi connectivity index (χ0) is 12.4. The third kappa shape index (κ3) is 3.06. The maximum absolute atomic E-state index is 5.96. The van der Waals surface area contributed by atoms with E-state index in [0.717, 1.165) is 17.8 Å². The minimum absolute atomic E-state index is 0.416. The molecule has 1 unspecified atom stereocenters. The Labute approximate surface area is 108 Å². The lowest BCUT2D eigenvalue weighted by molar-refractivity contribution is 0.139. The van der Waals surface area contributed by atoms with Crippen LogP contribution in [0.2, 0.25) is 0 Å². The van der Waals surface area contributed by atoms with E-state index in [-0.39, 0.29) is 0 Å². The molecule has 2 rings (SSSR count). The predicted octanol–water partition coefficient (Wildman–Crippen LogP) is 2.71. The molecule has 1 saturated carbocycles. The Morgan fingerprint density at radius 2 is 2.06 bits per heavy atom. The minimum Gasteiger partial charge on any atom is -0.328 e. The first-order chi connectivity index (χ1) is 8.08. The van der Waals surface area contributed by atoms with Crippen molar-refractivity contribution in [1.82, 2.24) is 9.88 Å². The van der Waals surface area contributed by atoms with E-state index < -0.39 is 0 Å². The van der Waals surface area contributed by atoms with E-state index >= 15 is 0 Å². The molecule has 1 fully saturated rings. The number of nitrogens with two attached hydrogens (primary N) is 1. The van der Waals surface area contributed by atoms with Gasteiger partial charge >= 0.3 is 0 Å². The van der Waals surface area contributed by atoms with E-state index in [1.165, 1.54) is 18.5 Å². The quantitative estimate of drug-likeness (QED) is 0.900. The van der Waals surface area contributed by atoms with Gasteiger partial charge in [-0.1, -0.05) is 0 Å². The standard InChI is InChI=1S/C13H23N3S/c1-9(13-8-17-10(2)15-13)16(3)12-6-4-11(14)5-7-12/h8-9,11-12H,4-7,14H2,1-3H3. The third-order valence-electron chi connectivity index (χ3n) is 3.99. The van der Waals surface area contributed by atoms with Gasteiger partial charge in [-0.15, -0.1) is 11.3 Å². The van der Waals surface area contributed by atoms with Crippen LogP contribution in [0, 0.1) is 6.92 Å². The monoisotopic (exact) mass is 253 g/mol. The highest BCUT2D eigenvalue weighted by Crippen LogP contribution is 2.28. The highest BCUT2D eigenvalue weighted by molar-refractivity contribution is 7.09. The lowest BCUT2D eigenvalue weighted by Gasteiger charge is -2.36. The van der Waals surface area contributed by atoms with Crippen molar-refractivity contribution in [3.05, 3.63) is 16.1 Å². The smallest absolute Gasteiger partial charge is 0.0898 e. The molecule has 0 spiro atoms. The molecule has 17 heavy (non-hydrogen) atoms. The SMILES string of the molecule is Cc1nc(C(C)N(C)C2CCC(N)CC2)cs1. The first kappa shape index (κ1) is 13.0. The van der Waals surface area contributed by atoms with Crippen molar-refractivity contribution in [3.8, 4) is 0 Å². The molecule has 0 amide bonds. The first-order valence-corrected chi connectivity index (χ1v) is 7.35. The number of hydrogen-bond acceptors (Lipinski definition) is 4. The Balaban J connectivity index is 1.97. The number of aromatic nitrogens is 1. The average Bonchev–Trinajstić information content (AvgIpc) is 2.75. The van der Waals surface area contributed by atoms with Crippen LogP contribution in [-0.4, -0.2) is 29.0 Å². The van der Waals surface area contributed by atoms with Crippen LogP contribution in [-0.2, 0) is 0 Å². The van der Waals surface area contributed by atoms with Crippen molar-refractivity contribution in [2.75, 3.05) is 7.05 Å². The minimum atomic E-state index is 0.416. The summed E-state index contributed by atoms with van der Waals surface area (Å²) in [5.74, 6) is 0. The van der Waals surface area contributed by atoms with E-state index in [2.05, 4.69) is 36.2 Å². The lowest BCUT2D eigenvalue weighted by atomic mass is 9.90. The first-order valence-electron chi connectivity index (χ1n) is 6.47. The molecule has 1 aromatic rings. The van der Waals surface area contributed by atoms with Gasteiger partial charge in [-0.2, -0.15) is 0 Å². The van der Waals surface area contributed by atoms with E-state index in [0.29, 0.717) is 18.1 Å². The highest BCUT2D eigenvalue weighted by atomic mass is 32.1. The largest absolute Gasteiger partial charge is 0.328 e. The second kappa shape index (κ2) is 5.46. The van der Waals surface area contributed by atoms with E-state index in [1.807, 2.05) is 0 Å². The van der Waals surface area contributed by atoms with Crippen molar-refractivity contribution in [1.29, 1.82) is 0 Å². The van der Waals surface area contributed by atoms with Crippen LogP contribution in [0.25, 0.3) is 0 Å². The normalized spacial score (nSPS) is 27.4. The van der Waals surface area contributed by atoms with Crippen molar-refractivity contribution in [3.63, 3.8) is 0 Å². The molecule has 0 bridgehead atoms. The topological polar surface area (TPSA) is 42.2 Å². The van der Waals surface area contributed by atoms with Gasteiger partial charge in [0, 0.05) is 17.5 Å². The Bertz CT molecular complexity index is 355. The molecular formula is C13H23N3S. The second-order valence-electron chi connectivity index (χ2n) is 5.20. The van der Waals surface area contributed by atoms with Crippen LogP contribution in [0.3, 0.4) is 0 Å². The van der Waals surface area contributed by atoms with E-state index in [9.17, 15) is 0 Å². The number of rotatable bonds is 3. The van der Waals surface area contributed by atoms with Crippen LogP contribution in [0.4, 0.5) is 0 Å². The van der Waals surface area contributed by atoms with Gasteiger partial charge in [0.15, 0.2) is 0 Å². The van der Waals surface area contributed by atoms with Crippen molar-refractivity contribution < 1.29 is 0 Å². The molecule has 4 heteroatoms. The number of aryl methyl sites for hydroxylation is 1. The molecule has 3 nitrogen and oxygen atoms in total.